The summed E-state index contributed by atoms with van der Waals surface area (Å²) in [6, 6.07) is 14.8. The van der Waals surface area contributed by atoms with E-state index in [2.05, 4.69) is 0 Å². The van der Waals surface area contributed by atoms with Crippen molar-refractivity contribution in [3.05, 3.63) is 70.1 Å². The Morgan fingerprint density at radius 2 is 1.78 bits per heavy atom. The third-order valence-electron chi connectivity index (χ3n) is 3.42. The van der Waals surface area contributed by atoms with Gasteiger partial charge in [-0.3, -0.25) is 14.5 Å². The summed E-state index contributed by atoms with van der Waals surface area (Å²) in [6.45, 7) is 1.98. The molecular weight excluding hydrogens is 326 g/mol. The average Bonchev–Trinajstić information content (AvgIpc) is 2.82. The second-order valence-electron chi connectivity index (χ2n) is 5.14. The minimum atomic E-state index is -0.120. The van der Waals surface area contributed by atoms with E-state index in [0.29, 0.717) is 14.8 Å². The number of anilines is 1. The summed E-state index contributed by atoms with van der Waals surface area (Å²) in [4.78, 5) is 25.5. The molecule has 1 amide bonds. The first-order valence-corrected chi connectivity index (χ1v) is 8.21. The highest BCUT2D eigenvalue weighted by Gasteiger charge is 2.33. The Labute approximate surface area is 144 Å². The maximum Gasteiger partial charge on any atom is 0.270 e. The second kappa shape index (κ2) is 6.48. The van der Waals surface area contributed by atoms with Gasteiger partial charge >= 0.3 is 0 Å². The summed E-state index contributed by atoms with van der Waals surface area (Å²) in [6.07, 6.45) is 2.59. The van der Waals surface area contributed by atoms with Crippen molar-refractivity contribution in [2.45, 2.75) is 6.92 Å². The van der Waals surface area contributed by atoms with Crippen molar-refractivity contribution in [3.63, 3.8) is 0 Å². The van der Waals surface area contributed by atoms with Crippen LogP contribution >= 0.6 is 24.0 Å². The molecule has 0 radical (unpaired) electrons. The standard InChI is InChI=1S/C18H13NO2S2/c1-12-3-2-4-15(9-12)19-17(21)16(23-18(19)22)10-13-5-7-14(11-20)8-6-13/h2-11H,1H3/b16-10-. The molecular formula is C18H13NO2S2. The van der Waals surface area contributed by atoms with Crippen LogP contribution in [0.5, 0.6) is 0 Å². The summed E-state index contributed by atoms with van der Waals surface area (Å²) in [7, 11) is 0. The Morgan fingerprint density at radius 1 is 1.09 bits per heavy atom. The number of carbonyl (C=O) groups excluding carboxylic acids is 2. The van der Waals surface area contributed by atoms with E-state index in [-0.39, 0.29) is 5.91 Å². The molecule has 0 aromatic heterocycles. The molecule has 1 aliphatic rings. The third kappa shape index (κ3) is 3.25. The minimum Gasteiger partial charge on any atom is -0.298 e. The molecule has 0 unspecified atom stereocenters. The zero-order valence-corrected chi connectivity index (χ0v) is 14.0. The van der Waals surface area contributed by atoms with Gasteiger partial charge in [-0.2, -0.15) is 0 Å². The van der Waals surface area contributed by atoms with Crippen molar-refractivity contribution < 1.29 is 9.59 Å². The van der Waals surface area contributed by atoms with Crippen LogP contribution in [0.4, 0.5) is 5.69 Å². The first-order valence-electron chi connectivity index (χ1n) is 6.98. The highest BCUT2D eigenvalue weighted by molar-refractivity contribution is 8.27. The van der Waals surface area contributed by atoms with Gasteiger partial charge in [0, 0.05) is 5.56 Å². The summed E-state index contributed by atoms with van der Waals surface area (Å²) < 4.78 is 0.524. The molecule has 114 valence electrons. The zero-order chi connectivity index (χ0) is 16.4. The highest BCUT2D eigenvalue weighted by atomic mass is 32.2. The lowest BCUT2D eigenvalue weighted by Gasteiger charge is -2.14. The van der Waals surface area contributed by atoms with Gasteiger partial charge < -0.3 is 0 Å². The van der Waals surface area contributed by atoms with Crippen LogP contribution in [0.25, 0.3) is 6.08 Å². The molecule has 1 heterocycles. The van der Waals surface area contributed by atoms with Gasteiger partial charge in [-0.25, -0.2) is 0 Å². The number of amides is 1. The number of aldehydes is 1. The number of rotatable bonds is 3. The Kier molecular flexibility index (Phi) is 4.41. The Balaban J connectivity index is 1.91. The summed E-state index contributed by atoms with van der Waals surface area (Å²) in [5.41, 5.74) is 3.33. The van der Waals surface area contributed by atoms with Crippen molar-refractivity contribution in [1.29, 1.82) is 0 Å². The van der Waals surface area contributed by atoms with Gasteiger partial charge in [-0.1, -0.05) is 60.4 Å². The van der Waals surface area contributed by atoms with Crippen LogP contribution in [0, 0.1) is 6.92 Å². The molecule has 2 aromatic rings. The summed E-state index contributed by atoms with van der Waals surface area (Å²) in [5.74, 6) is -0.120. The summed E-state index contributed by atoms with van der Waals surface area (Å²) in [5, 5.41) is 0. The average molecular weight is 339 g/mol. The molecule has 1 fully saturated rings. The second-order valence-corrected chi connectivity index (χ2v) is 6.82. The molecule has 3 rings (SSSR count). The van der Waals surface area contributed by atoms with Crippen molar-refractivity contribution in [2.24, 2.45) is 0 Å². The van der Waals surface area contributed by atoms with Crippen LogP contribution in [0.15, 0.2) is 53.4 Å². The fourth-order valence-electron chi connectivity index (χ4n) is 2.28. The molecule has 0 N–H and O–H groups in total. The number of carbonyl (C=O) groups is 2. The smallest absolute Gasteiger partial charge is 0.270 e. The topological polar surface area (TPSA) is 37.4 Å². The van der Waals surface area contributed by atoms with E-state index in [4.69, 9.17) is 12.2 Å². The molecule has 0 saturated carbocycles. The van der Waals surface area contributed by atoms with Gasteiger partial charge in [0.1, 0.15) is 6.29 Å². The molecule has 3 nitrogen and oxygen atoms in total. The Bertz CT molecular complexity index is 825. The van der Waals surface area contributed by atoms with Crippen molar-refractivity contribution in [2.75, 3.05) is 4.90 Å². The largest absolute Gasteiger partial charge is 0.298 e. The van der Waals surface area contributed by atoms with Crippen LogP contribution < -0.4 is 4.90 Å². The lowest BCUT2D eigenvalue weighted by Crippen LogP contribution is -2.27. The van der Waals surface area contributed by atoms with E-state index in [1.807, 2.05) is 43.3 Å². The van der Waals surface area contributed by atoms with Gasteiger partial charge in [-0.15, -0.1) is 0 Å². The third-order valence-corrected chi connectivity index (χ3v) is 4.73. The number of hydrogen-bond donors (Lipinski definition) is 0. The normalized spacial score (nSPS) is 16.2. The predicted octanol–water partition coefficient (Wildman–Crippen LogP) is 4.21. The summed E-state index contributed by atoms with van der Waals surface area (Å²) >= 11 is 6.64. The first kappa shape index (κ1) is 15.6. The number of aryl methyl sites for hydroxylation is 1. The van der Waals surface area contributed by atoms with Crippen molar-refractivity contribution in [1.82, 2.24) is 0 Å². The number of benzene rings is 2. The molecule has 1 saturated heterocycles. The van der Waals surface area contributed by atoms with Crippen molar-refractivity contribution in [3.8, 4) is 0 Å². The van der Waals surface area contributed by atoms with E-state index in [0.717, 1.165) is 23.1 Å². The van der Waals surface area contributed by atoms with Gasteiger partial charge in [0.05, 0.1) is 10.6 Å². The molecule has 0 bridgehead atoms. The van der Waals surface area contributed by atoms with E-state index in [1.165, 1.54) is 11.8 Å². The number of nitrogens with zero attached hydrogens (tertiary/aromatic N) is 1. The van der Waals surface area contributed by atoms with Crippen molar-refractivity contribution >= 4 is 52.3 Å². The van der Waals surface area contributed by atoms with Crippen LogP contribution in [0.1, 0.15) is 21.5 Å². The van der Waals surface area contributed by atoms with E-state index in [9.17, 15) is 9.59 Å². The SMILES string of the molecule is Cc1cccc(N2C(=O)/C(=C/c3ccc(C=O)cc3)SC2=S)c1. The maximum atomic E-state index is 12.6. The molecule has 23 heavy (non-hydrogen) atoms. The van der Waals surface area contributed by atoms with Crippen LogP contribution in [0.2, 0.25) is 0 Å². The number of thiocarbonyl (C=S) groups is 1. The van der Waals surface area contributed by atoms with Gasteiger partial charge in [-0.05, 0) is 36.3 Å². The first-order chi connectivity index (χ1) is 11.1. The zero-order valence-electron chi connectivity index (χ0n) is 12.4. The number of hydrogen-bond acceptors (Lipinski definition) is 4. The fraction of sp³-hybridized carbons (Fsp3) is 0.0556. The lowest BCUT2D eigenvalue weighted by atomic mass is 10.1. The monoisotopic (exact) mass is 339 g/mol. The molecule has 0 spiro atoms. The Morgan fingerprint density at radius 3 is 2.43 bits per heavy atom. The highest BCUT2D eigenvalue weighted by Crippen LogP contribution is 2.36. The van der Waals surface area contributed by atoms with Gasteiger partial charge in [0.2, 0.25) is 0 Å². The van der Waals surface area contributed by atoms with E-state index >= 15 is 0 Å². The minimum absolute atomic E-state index is 0.120. The molecule has 1 aliphatic heterocycles. The molecule has 0 atom stereocenters. The molecule has 2 aromatic carbocycles. The van der Waals surface area contributed by atoms with E-state index in [1.54, 1.807) is 23.1 Å². The fourth-order valence-corrected chi connectivity index (χ4v) is 3.58. The van der Waals surface area contributed by atoms with Crippen LogP contribution in [0.3, 0.4) is 0 Å². The predicted molar refractivity (Wildman–Crippen MR) is 98.7 cm³/mol. The van der Waals surface area contributed by atoms with Gasteiger partial charge in [0.25, 0.3) is 5.91 Å². The van der Waals surface area contributed by atoms with E-state index < -0.39 is 0 Å². The number of thioether (sulfide) groups is 1. The lowest BCUT2D eigenvalue weighted by molar-refractivity contribution is -0.113. The quantitative estimate of drug-likeness (QED) is 0.477. The van der Waals surface area contributed by atoms with Crippen LogP contribution in [-0.4, -0.2) is 16.5 Å². The molecule has 5 heteroatoms. The van der Waals surface area contributed by atoms with Crippen LogP contribution in [-0.2, 0) is 4.79 Å². The molecule has 0 aliphatic carbocycles. The van der Waals surface area contributed by atoms with Gasteiger partial charge in [0.15, 0.2) is 4.32 Å². The Hall–Kier alpha value is -2.24. The maximum absolute atomic E-state index is 12.6.